The number of amides is 1. The van der Waals surface area contributed by atoms with Gasteiger partial charge in [0, 0.05) is 35.9 Å². The van der Waals surface area contributed by atoms with Crippen molar-refractivity contribution >= 4 is 35.1 Å². The minimum absolute atomic E-state index is 0.0438. The summed E-state index contributed by atoms with van der Waals surface area (Å²) in [5, 5.41) is 3.14. The first kappa shape index (κ1) is 28.7. The van der Waals surface area contributed by atoms with E-state index >= 15 is 0 Å². The minimum atomic E-state index is -0.470. The quantitative estimate of drug-likeness (QED) is 0.311. The van der Waals surface area contributed by atoms with Gasteiger partial charge in [0.05, 0.1) is 6.10 Å². The fraction of sp³-hybridized carbons (Fsp3) is 0.645. The van der Waals surface area contributed by atoms with Crippen molar-refractivity contribution < 1.29 is 23.9 Å². The van der Waals surface area contributed by atoms with Gasteiger partial charge in [-0.1, -0.05) is 43.2 Å². The van der Waals surface area contributed by atoms with Crippen LogP contribution < -0.4 is 5.32 Å². The molecule has 4 aliphatic carbocycles. The second kappa shape index (κ2) is 11.4. The van der Waals surface area contributed by atoms with E-state index in [4.69, 9.17) is 21.1 Å². The zero-order valence-corrected chi connectivity index (χ0v) is 24.1. The number of anilines is 1. The van der Waals surface area contributed by atoms with E-state index in [2.05, 4.69) is 25.2 Å². The molecule has 1 aromatic rings. The van der Waals surface area contributed by atoms with Crippen LogP contribution in [0.4, 0.5) is 10.5 Å². The SMILES string of the molecule is CC(=O)OC1CCC2(C)C(=CCC3C4CCC(=O)C4(C)CCC32)C1.CC(C)OC(=O)Nc1cccc(Cl)c1. The minimum Gasteiger partial charge on any atom is -0.462 e. The Morgan fingerprint density at radius 2 is 1.79 bits per heavy atom. The van der Waals surface area contributed by atoms with Gasteiger partial charge in [0.25, 0.3) is 0 Å². The number of esters is 1. The molecular formula is C31H42ClNO5. The maximum atomic E-state index is 12.4. The molecule has 1 N–H and O–H groups in total. The summed E-state index contributed by atoms with van der Waals surface area (Å²) in [6.07, 6.45) is 10.2. The molecule has 7 heteroatoms. The third-order valence-corrected chi connectivity index (χ3v) is 9.75. The number of rotatable bonds is 3. The molecule has 0 aromatic heterocycles. The van der Waals surface area contributed by atoms with E-state index in [-0.39, 0.29) is 29.0 Å². The summed E-state index contributed by atoms with van der Waals surface area (Å²) < 4.78 is 10.4. The Labute approximate surface area is 231 Å². The predicted octanol–water partition coefficient (Wildman–Crippen LogP) is 7.75. The van der Waals surface area contributed by atoms with Crippen LogP contribution in [0, 0.1) is 28.6 Å². The van der Waals surface area contributed by atoms with E-state index in [1.165, 1.54) is 18.9 Å². The molecule has 0 heterocycles. The molecule has 38 heavy (non-hydrogen) atoms. The smallest absolute Gasteiger partial charge is 0.411 e. The summed E-state index contributed by atoms with van der Waals surface area (Å²) >= 11 is 5.74. The summed E-state index contributed by atoms with van der Waals surface area (Å²) in [6.45, 7) is 9.77. The maximum absolute atomic E-state index is 12.4. The Morgan fingerprint density at radius 3 is 2.47 bits per heavy atom. The van der Waals surface area contributed by atoms with E-state index < -0.39 is 6.09 Å². The van der Waals surface area contributed by atoms with Gasteiger partial charge < -0.3 is 9.47 Å². The molecule has 208 valence electrons. The van der Waals surface area contributed by atoms with Gasteiger partial charge in [-0.15, -0.1) is 0 Å². The summed E-state index contributed by atoms with van der Waals surface area (Å²) in [5.74, 6) is 2.33. The molecule has 6 atom stereocenters. The summed E-state index contributed by atoms with van der Waals surface area (Å²) in [5.41, 5.74) is 2.36. The molecule has 0 spiro atoms. The molecule has 3 saturated carbocycles. The van der Waals surface area contributed by atoms with Crippen LogP contribution in [0.1, 0.15) is 86.0 Å². The number of benzene rings is 1. The number of ether oxygens (including phenoxy) is 2. The zero-order chi connectivity index (χ0) is 27.7. The van der Waals surface area contributed by atoms with Crippen LogP contribution >= 0.6 is 11.6 Å². The Bertz CT molecular complexity index is 1100. The molecule has 0 bridgehead atoms. The number of hydrogen-bond donors (Lipinski definition) is 1. The summed E-state index contributed by atoms with van der Waals surface area (Å²) in [6, 6.07) is 6.89. The highest BCUT2D eigenvalue weighted by atomic mass is 35.5. The van der Waals surface area contributed by atoms with Crippen molar-refractivity contribution in [2.24, 2.45) is 28.6 Å². The Morgan fingerprint density at radius 1 is 1.08 bits per heavy atom. The molecule has 6 nitrogen and oxygen atoms in total. The zero-order valence-electron chi connectivity index (χ0n) is 23.3. The van der Waals surface area contributed by atoms with Gasteiger partial charge >= 0.3 is 12.1 Å². The first-order valence-electron chi connectivity index (χ1n) is 14.1. The highest BCUT2D eigenvalue weighted by Crippen LogP contribution is 2.64. The molecular weight excluding hydrogens is 502 g/mol. The Balaban J connectivity index is 0.000000206. The fourth-order valence-electron chi connectivity index (χ4n) is 7.66. The summed E-state index contributed by atoms with van der Waals surface area (Å²) in [4.78, 5) is 34.9. The van der Waals surface area contributed by atoms with Crippen LogP contribution in [0.25, 0.3) is 0 Å². The average molecular weight is 544 g/mol. The van der Waals surface area contributed by atoms with Gasteiger partial charge in [-0.25, -0.2) is 4.79 Å². The Kier molecular flexibility index (Phi) is 8.61. The van der Waals surface area contributed by atoms with Crippen LogP contribution in [-0.4, -0.2) is 30.1 Å². The van der Waals surface area contributed by atoms with Gasteiger partial charge in [0.2, 0.25) is 0 Å². The largest absolute Gasteiger partial charge is 0.462 e. The van der Waals surface area contributed by atoms with Crippen LogP contribution in [0.15, 0.2) is 35.9 Å². The second-order valence-electron chi connectivity index (χ2n) is 12.2. The van der Waals surface area contributed by atoms with Crippen LogP contribution in [-0.2, 0) is 19.1 Å². The number of carbonyl (C=O) groups is 3. The lowest BCUT2D eigenvalue weighted by molar-refractivity contribution is -0.148. The van der Waals surface area contributed by atoms with Crippen LogP contribution in [0.3, 0.4) is 0 Å². The fourth-order valence-corrected chi connectivity index (χ4v) is 7.85. The van der Waals surface area contributed by atoms with Crippen molar-refractivity contribution in [1.82, 2.24) is 0 Å². The van der Waals surface area contributed by atoms with E-state index in [9.17, 15) is 14.4 Å². The normalized spacial score (nSPS) is 33.6. The van der Waals surface area contributed by atoms with E-state index in [0.29, 0.717) is 34.2 Å². The van der Waals surface area contributed by atoms with Crippen LogP contribution in [0.2, 0.25) is 5.02 Å². The van der Waals surface area contributed by atoms with Crippen molar-refractivity contribution in [2.75, 3.05) is 5.32 Å². The highest BCUT2D eigenvalue weighted by molar-refractivity contribution is 6.30. The lowest BCUT2D eigenvalue weighted by atomic mass is 9.48. The predicted molar refractivity (Wildman–Crippen MR) is 149 cm³/mol. The van der Waals surface area contributed by atoms with Crippen molar-refractivity contribution in [3.8, 4) is 0 Å². The van der Waals surface area contributed by atoms with Gasteiger partial charge in [-0.2, -0.15) is 0 Å². The molecule has 3 fully saturated rings. The van der Waals surface area contributed by atoms with Crippen molar-refractivity contribution in [1.29, 1.82) is 0 Å². The standard InChI is InChI=1S/C21H30O3.C10H12ClNO2/c1-13(22)24-15-8-10-20(2)14(12-15)4-5-16-17-6-7-19(23)21(17,3)11-9-18(16)20;1-7(2)14-10(13)12-9-5-3-4-8(11)6-9/h4,15-18H,5-12H2,1-3H3;3-7H,1-2H3,(H,12,13). The number of allylic oxidation sites excluding steroid dienone is 1. The average Bonchev–Trinajstić information content (AvgIpc) is 3.13. The van der Waals surface area contributed by atoms with E-state index in [1.807, 2.05) is 0 Å². The topological polar surface area (TPSA) is 81.7 Å². The van der Waals surface area contributed by atoms with Crippen LogP contribution in [0.5, 0.6) is 0 Å². The van der Waals surface area contributed by atoms with E-state index in [0.717, 1.165) is 44.9 Å². The number of fused-ring (bicyclic) bond motifs is 5. The number of nitrogens with one attached hydrogen (secondary N) is 1. The number of hydrogen-bond acceptors (Lipinski definition) is 5. The molecule has 1 amide bonds. The lowest BCUT2D eigenvalue weighted by Gasteiger charge is -2.56. The third kappa shape index (κ3) is 5.95. The first-order chi connectivity index (χ1) is 17.9. The molecule has 0 radical (unpaired) electrons. The number of Topliss-reactive ketones (excluding diaryl/α,β-unsaturated/α-hetero) is 1. The van der Waals surface area contributed by atoms with Crippen molar-refractivity contribution in [3.63, 3.8) is 0 Å². The highest BCUT2D eigenvalue weighted by Gasteiger charge is 2.58. The molecule has 0 aliphatic heterocycles. The van der Waals surface area contributed by atoms with Gasteiger partial charge in [-0.05, 0) is 93.7 Å². The summed E-state index contributed by atoms with van der Waals surface area (Å²) in [7, 11) is 0. The molecule has 4 aliphatic rings. The number of carbonyl (C=O) groups excluding carboxylic acids is 3. The molecule has 0 saturated heterocycles. The number of halogens is 1. The number of ketones is 1. The first-order valence-corrected chi connectivity index (χ1v) is 14.4. The molecule has 5 rings (SSSR count). The van der Waals surface area contributed by atoms with E-state index in [1.54, 1.807) is 38.1 Å². The second-order valence-corrected chi connectivity index (χ2v) is 12.7. The third-order valence-electron chi connectivity index (χ3n) is 9.51. The van der Waals surface area contributed by atoms with Crippen molar-refractivity contribution in [3.05, 3.63) is 40.9 Å². The monoisotopic (exact) mass is 543 g/mol. The van der Waals surface area contributed by atoms with Gasteiger partial charge in [0.15, 0.2) is 0 Å². The molecule has 6 unspecified atom stereocenters. The van der Waals surface area contributed by atoms with Gasteiger partial charge in [0.1, 0.15) is 11.9 Å². The van der Waals surface area contributed by atoms with Gasteiger partial charge in [-0.3, -0.25) is 14.9 Å². The van der Waals surface area contributed by atoms with Crippen molar-refractivity contribution in [2.45, 2.75) is 98.2 Å². The Hall–Kier alpha value is -2.34. The maximum Gasteiger partial charge on any atom is 0.411 e. The lowest BCUT2D eigenvalue weighted by Crippen LogP contribution is -2.50. The molecule has 1 aromatic carbocycles.